The fourth-order valence-corrected chi connectivity index (χ4v) is 12.6. The molecule has 6 heterocycles. The predicted octanol–water partition coefficient (Wildman–Crippen LogP) is -2.70. The van der Waals surface area contributed by atoms with E-state index in [1.807, 2.05) is 24.4 Å². The predicted molar refractivity (Wildman–Crippen MR) is 336 cm³/mol. The van der Waals surface area contributed by atoms with E-state index in [1.54, 1.807) is 92.8 Å². The van der Waals surface area contributed by atoms with Gasteiger partial charge in [-0.1, -0.05) is 105 Å². The zero-order valence-electron chi connectivity index (χ0n) is 53.2. The van der Waals surface area contributed by atoms with Crippen LogP contribution in [0.25, 0.3) is 0 Å². The fourth-order valence-electron chi connectivity index (χ4n) is 11.9. The van der Waals surface area contributed by atoms with Crippen molar-refractivity contribution in [2.45, 2.75) is 238 Å². The van der Waals surface area contributed by atoms with Gasteiger partial charge in [0, 0.05) is 48.9 Å². The Morgan fingerprint density at radius 2 is 1.29 bits per heavy atom. The Kier molecular flexibility index (Phi) is 31.6. The highest BCUT2D eigenvalue weighted by atomic mass is 32.1. The summed E-state index contributed by atoms with van der Waals surface area (Å²) in [5.74, 6) is -8.77. The van der Waals surface area contributed by atoms with Crippen LogP contribution in [0.2, 0.25) is 0 Å². The summed E-state index contributed by atoms with van der Waals surface area (Å²) >= 11 is 1.47. The van der Waals surface area contributed by atoms with E-state index >= 15 is 0 Å². The minimum absolute atomic E-state index is 0.133. The summed E-state index contributed by atoms with van der Waals surface area (Å²) in [6.45, 7) is 4.43. The molecule has 1 amide bonds. The first kappa shape index (κ1) is 78.9. The van der Waals surface area contributed by atoms with E-state index < -0.39 is 228 Å². The second-order valence-electron chi connectivity index (χ2n) is 25.1. The number of aliphatic hydroxyl groups is 17. The lowest BCUT2D eigenvalue weighted by Crippen LogP contribution is -2.70. The standard InChI is InChI=1S/C65H100N2O26S/c1-35-18-15-13-11-9-7-5-6-8-10-12-14-16-19-42(90-62-56(80)52(54(78)38(4)89-62)67-34-65(86)60(83)59(47(75)33-87-65)92-63-58(82)57(81)55(79)49(32-68)91-63)29-48-51(61(84)66-24-23-43-20-17-25-94-43)46(74)31-64(85,93-48)30-41(71)27-45(73)44(72)22-21-39(69)26-40(70)28-50(76)88-37(3)36(2)53(35)77/h5-20,25,35-42,44-49,51-60,62-63,67-75,77-83,85-86H,21-24,26-34H2,1-4H3,(H,66,84)/b6-5+,9-7+,10-8+,13-11+,14-12+,18-15+,19-16+/t35-,36?,37-,38+,39+,40+,41-,42-,44+,45+,46-,47+,48?,49+,51?,52-,53+,54+,55+,56-,57-,58+,59+,60-,62-,63?,64+,65+/m0/s1. The van der Waals surface area contributed by atoms with Crippen LogP contribution in [0.5, 0.6) is 0 Å². The number of rotatable bonds is 12. The molecule has 1 aromatic heterocycles. The molecule has 4 unspecified atom stereocenters. The Bertz CT molecular complexity index is 2650. The number of hydrogen-bond donors (Lipinski definition) is 19. The van der Waals surface area contributed by atoms with Gasteiger partial charge in [-0.2, -0.15) is 0 Å². The van der Waals surface area contributed by atoms with Gasteiger partial charge in [-0.05, 0) is 51.0 Å². The first-order valence-corrected chi connectivity index (χ1v) is 32.9. The second-order valence-corrected chi connectivity index (χ2v) is 26.2. The van der Waals surface area contributed by atoms with Gasteiger partial charge in [-0.15, -0.1) is 11.3 Å². The topological polar surface area (TPSA) is 467 Å². The highest BCUT2D eigenvalue weighted by Gasteiger charge is 2.55. The average Bonchev–Trinajstić information content (AvgIpc) is 1.08. The third-order valence-corrected chi connectivity index (χ3v) is 18.6. The summed E-state index contributed by atoms with van der Waals surface area (Å²) < 4.78 is 40.8. The van der Waals surface area contributed by atoms with Gasteiger partial charge in [0.2, 0.25) is 11.7 Å². The molecule has 2 bridgehead atoms. The number of carbonyl (C=O) groups is 2. The van der Waals surface area contributed by atoms with Crippen LogP contribution in [0.1, 0.15) is 83.9 Å². The third-order valence-electron chi connectivity index (χ3n) is 17.6. The molecule has 4 saturated heterocycles. The van der Waals surface area contributed by atoms with Gasteiger partial charge in [0.25, 0.3) is 0 Å². The Balaban J connectivity index is 1.26. The van der Waals surface area contributed by atoms with E-state index in [4.69, 9.17) is 33.2 Å². The summed E-state index contributed by atoms with van der Waals surface area (Å²) in [6, 6.07) is 2.26. The molecule has 1 aromatic rings. The van der Waals surface area contributed by atoms with Crippen LogP contribution < -0.4 is 10.6 Å². The van der Waals surface area contributed by atoms with Crippen LogP contribution in [-0.2, 0) is 49.2 Å². The molecule has 5 aliphatic heterocycles. The molecule has 0 spiro atoms. The molecule has 5 aliphatic rings. The SMILES string of the molecule is CC1[C@H](C)OC(=O)C[C@H](O)C[C@H](O)CC[C@@H](O)[C@H](O)C[C@H](O)C[C@]2(O)C[C@H](O)C(C(=O)NCCc3cccs3)C(C[C@@H](O[C@@H]3O[C@H](C)[C@@H](O)[C@H](NC[C@@]4(O)OC[C@@H](O)[C@@H](OC5O[C@H](CO)[C@@H](O)[C@H](O)[C@H]5O)[C@@H]4O)[C@@H]3O)/C=C/C=C/C=C/C=C/C=C/C=C/C=C/[C@H](C)[C@H]1O)O2. The zero-order chi connectivity index (χ0) is 69.0. The van der Waals surface area contributed by atoms with Crippen LogP contribution >= 0.6 is 11.3 Å². The first-order valence-electron chi connectivity index (χ1n) is 32.0. The van der Waals surface area contributed by atoms with Crippen molar-refractivity contribution >= 4 is 23.2 Å². The first-order chi connectivity index (χ1) is 44.5. The van der Waals surface area contributed by atoms with E-state index in [2.05, 4.69) is 10.6 Å². The number of thiophene rings is 1. The summed E-state index contributed by atoms with van der Waals surface area (Å²) in [5.41, 5.74) is 0. The molecular weight excluding hydrogens is 1260 g/mol. The number of hydrogen-bond acceptors (Lipinski definition) is 28. The van der Waals surface area contributed by atoms with Gasteiger partial charge >= 0.3 is 5.97 Å². The molecule has 29 heteroatoms. The van der Waals surface area contributed by atoms with Crippen molar-refractivity contribution in [2.75, 3.05) is 26.3 Å². The van der Waals surface area contributed by atoms with Crippen LogP contribution in [-0.4, -0.2) is 277 Å². The average molecular weight is 1360 g/mol. The lowest BCUT2D eigenvalue weighted by Gasteiger charge is -2.48. The van der Waals surface area contributed by atoms with Crippen LogP contribution in [0.3, 0.4) is 0 Å². The van der Waals surface area contributed by atoms with Crippen LogP contribution in [0.4, 0.5) is 0 Å². The van der Waals surface area contributed by atoms with Crippen molar-refractivity contribution in [3.63, 3.8) is 0 Å². The number of ether oxygens (including phenoxy) is 7. The molecule has 6 rings (SSSR count). The minimum Gasteiger partial charge on any atom is -0.462 e. The zero-order valence-corrected chi connectivity index (χ0v) is 54.0. The van der Waals surface area contributed by atoms with Gasteiger partial charge in [-0.25, -0.2) is 0 Å². The van der Waals surface area contributed by atoms with Crippen molar-refractivity contribution in [2.24, 2.45) is 17.8 Å². The minimum atomic E-state index is -2.67. The van der Waals surface area contributed by atoms with E-state index in [0.29, 0.717) is 6.42 Å². The number of amides is 1. The van der Waals surface area contributed by atoms with E-state index in [9.17, 15) is 96.4 Å². The summed E-state index contributed by atoms with van der Waals surface area (Å²) in [6.07, 6.45) is -13.2. The smallest absolute Gasteiger partial charge is 0.308 e. The molecule has 0 aromatic carbocycles. The van der Waals surface area contributed by atoms with Gasteiger partial charge in [0.05, 0.1) is 105 Å². The van der Waals surface area contributed by atoms with E-state index in [-0.39, 0.29) is 31.7 Å². The maximum atomic E-state index is 14.3. The molecular formula is C65H100N2O26S. The lowest BCUT2D eigenvalue weighted by atomic mass is 9.82. The van der Waals surface area contributed by atoms with Crippen molar-refractivity contribution in [3.8, 4) is 0 Å². The number of esters is 1. The monoisotopic (exact) mass is 1360 g/mol. The van der Waals surface area contributed by atoms with Gasteiger partial charge in [0.15, 0.2) is 18.4 Å². The van der Waals surface area contributed by atoms with Crippen molar-refractivity contribution in [1.29, 1.82) is 0 Å². The number of fused-ring (bicyclic) bond motifs is 2. The Morgan fingerprint density at radius 1 is 0.649 bits per heavy atom. The normalized spacial score (nSPS) is 45.0. The molecule has 19 N–H and O–H groups in total. The van der Waals surface area contributed by atoms with Crippen LogP contribution in [0, 0.1) is 17.8 Å². The molecule has 28 nitrogen and oxygen atoms in total. The van der Waals surface area contributed by atoms with Gasteiger partial charge < -0.3 is 131 Å². The highest BCUT2D eigenvalue weighted by Crippen LogP contribution is 2.39. The fraction of sp³-hybridized carbons (Fsp3) is 0.692. The maximum absolute atomic E-state index is 14.3. The van der Waals surface area contributed by atoms with Crippen molar-refractivity contribution in [3.05, 3.63) is 107 Å². The van der Waals surface area contributed by atoms with Gasteiger partial charge in [0.1, 0.15) is 54.9 Å². The summed E-state index contributed by atoms with van der Waals surface area (Å²) in [7, 11) is 0. The van der Waals surface area contributed by atoms with Crippen molar-refractivity contribution in [1.82, 2.24) is 10.6 Å². The lowest BCUT2D eigenvalue weighted by molar-refractivity contribution is -0.368. The van der Waals surface area contributed by atoms with Gasteiger partial charge in [-0.3, -0.25) is 9.59 Å². The molecule has 4 fully saturated rings. The number of allylic oxidation sites excluding steroid dienone is 12. The largest absolute Gasteiger partial charge is 0.462 e. The number of cyclic esters (lactones) is 1. The quantitative estimate of drug-likeness (QED) is 0.0947. The van der Waals surface area contributed by atoms with Crippen LogP contribution in [0.15, 0.2) is 103 Å². The second kappa shape index (κ2) is 37.7. The Labute approximate surface area is 550 Å². The number of carbonyl (C=O) groups excluding carboxylic acids is 2. The number of aliphatic hydroxyl groups excluding tert-OH is 15. The molecule has 28 atom stereocenters. The summed E-state index contributed by atoms with van der Waals surface area (Å²) in [5, 5.41) is 196. The third kappa shape index (κ3) is 23.0. The maximum Gasteiger partial charge on any atom is 0.308 e. The molecule has 94 heavy (non-hydrogen) atoms. The number of nitrogens with one attached hydrogen (secondary N) is 2. The van der Waals surface area contributed by atoms with Crippen molar-refractivity contribution < 1.29 is 130 Å². The molecule has 0 radical (unpaired) electrons. The molecule has 0 saturated carbocycles. The molecule has 532 valence electrons. The Hall–Kier alpha value is -4.14. The molecule has 0 aliphatic carbocycles. The van der Waals surface area contributed by atoms with E-state index in [1.165, 1.54) is 24.3 Å². The summed E-state index contributed by atoms with van der Waals surface area (Å²) in [4.78, 5) is 28.0. The Morgan fingerprint density at radius 3 is 1.93 bits per heavy atom. The highest BCUT2D eigenvalue weighted by molar-refractivity contribution is 7.09. The van der Waals surface area contributed by atoms with E-state index in [0.717, 1.165) is 4.88 Å².